The van der Waals surface area contributed by atoms with E-state index in [4.69, 9.17) is 0 Å². The van der Waals surface area contributed by atoms with Gasteiger partial charge < -0.3 is 0 Å². The highest BCUT2D eigenvalue weighted by Gasteiger charge is 2.20. The minimum atomic E-state index is -0.960. The van der Waals surface area contributed by atoms with Crippen LogP contribution < -0.4 is 11.3 Å². The molecule has 1 aromatic heterocycles. The summed E-state index contributed by atoms with van der Waals surface area (Å²) in [6.07, 6.45) is 0. The first-order valence-corrected chi connectivity index (χ1v) is 5.05. The molecule has 0 aliphatic rings. The predicted molar refractivity (Wildman–Crippen MR) is 61.0 cm³/mol. The lowest BCUT2D eigenvalue weighted by Gasteiger charge is -2.05. The van der Waals surface area contributed by atoms with E-state index >= 15 is 0 Å². The number of carbonyl (C=O) groups is 2. The third kappa shape index (κ3) is 1.67. The third-order valence-corrected chi connectivity index (χ3v) is 2.55. The zero-order valence-electron chi connectivity index (χ0n) is 9.60. The molecule has 0 spiro atoms. The summed E-state index contributed by atoms with van der Waals surface area (Å²) >= 11 is 0. The van der Waals surface area contributed by atoms with E-state index in [1.807, 2.05) is 0 Å². The number of hydrogen-bond donors (Lipinski definition) is 0. The summed E-state index contributed by atoms with van der Waals surface area (Å²) in [5.41, 5.74) is -1.87. The van der Waals surface area contributed by atoms with Crippen LogP contribution in [0.5, 0.6) is 0 Å². The highest BCUT2D eigenvalue weighted by Crippen LogP contribution is 2.18. The second kappa shape index (κ2) is 4.06. The normalized spacial score (nSPS) is 10.6. The van der Waals surface area contributed by atoms with Gasteiger partial charge in [0.05, 0.1) is 10.8 Å². The van der Waals surface area contributed by atoms with Gasteiger partial charge in [-0.1, -0.05) is 0 Å². The average Bonchev–Trinajstić information content (AvgIpc) is 2.32. The van der Waals surface area contributed by atoms with Gasteiger partial charge in [0.1, 0.15) is 0 Å². The Kier molecular flexibility index (Phi) is 2.70. The van der Waals surface area contributed by atoms with Crippen LogP contribution in [0.2, 0.25) is 0 Å². The van der Waals surface area contributed by atoms with Crippen LogP contribution in [0, 0.1) is 0 Å². The summed E-state index contributed by atoms with van der Waals surface area (Å²) in [4.78, 5) is 46.0. The summed E-state index contributed by atoms with van der Waals surface area (Å²) in [7, 11) is 0. The van der Waals surface area contributed by atoms with Gasteiger partial charge in [0, 0.05) is 11.1 Å². The molecule has 0 radical (unpaired) electrons. The van der Waals surface area contributed by atoms with Gasteiger partial charge in [-0.25, -0.2) is 18.7 Å². The van der Waals surface area contributed by atoms with Gasteiger partial charge in [-0.15, -0.1) is 0 Å². The highest BCUT2D eigenvalue weighted by molar-refractivity contribution is 6.15. The molecule has 0 unspecified atom stereocenters. The molecular formula is C12H8O6. The van der Waals surface area contributed by atoms with Crippen LogP contribution in [-0.4, -0.2) is 11.6 Å². The molecule has 0 atom stereocenters. The van der Waals surface area contributed by atoms with E-state index in [2.05, 4.69) is 9.15 Å². The van der Waals surface area contributed by atoms with E-state index in [-0.39, 0.29) is 27.7 Å². The van der Waals surface area contributed by atoms with E-state index in [0.29, 0.717) is 0 Å². The SMILES string of the molecule is CC(=O)c1ccc2c(=O)ooc(=O)c2c1C(C)=O. The summed E-state index contributed by atoms with van der Waals surface area (Å²) in [6.45, 7) is 2.47. The number of rotatable bonds is 2. The van der Waals surface area contributed by atoms with Gasteiger partial charge in [-0.3, -0.25) is 9.59 Å². The van der Waals surface area contributed by atoms with Crippen molar-refractivity contribution in [3.8, 4) is 0 Å². The van der Waals surface area contributed by atoms with Crippen LogP contribution in [0.4, 0.5) is 0 Å². The molecule has 0 N–H and O–H groups in total. The van der Waals surface area contributed by atoms with E-state index in [1.54, 1.807) is 0 Å². The number of ketones is 2. The van der Waals surface area contributed by atoms with Crippen molar-refractivity contribution in [2.45, 2.75) is 13.8 Å². The summed E-state index contributed by atoms with van der Waals surface area (Å²) in [6, 6.07) is 2.58. The minimum absolute atomic E-state index is 0.0768. The molecule has 1 heterocycles. The first-order chi connectivity index (χ1) is 8.43. The minimum Gasteiger partial charge on any atom is -0.294 e. The van der Waals surface area contributed by atoms with E-state index in [0.717, 1.165) is 0 Å². The Labute approximate surface area is 99.8 Å². The number of hydrogen-bond acceptors (Lipinski definition) is 6. The van der Waals surface area contributed by atoms with Crippen LogP contribution >= 0.6 is 0 Å². The fourth-order valence-electron chi connectivity index (χ4n) is 1.81. The highest BCUT2D eigenvalue weighted by atomic mass is 17.0. The lowest BCUT2D eigenvalue weighted by atomic mass is 9.96. The van der Waals surface area contributed by atoms with Gasteiger partial charge in [-0.2, -0.15) is 0 Å². The second-order valence-corrected chi connectivity index (χ2v) is 3.76. The van der Waals surface area contributed by atoms with Gasteiger partial charge >= 0.3 is 11.3 Å². The zero-order chi connectivity index (χ0) is 13.4. The summed E-state index contributed by atoms with van der Waals surface area (Å²) in [5.74, 6) is -0.876. The van der Waals surface area contributed by atoms with Crippen molar-refractivity contribution in [3.63, 3.8) is 0 Å². The Bertz CT molecular complexity index is 777. The number of Topliss-reactive ketones (excluding diaryl/α,β-unsaturated/α-hetero) is 2. The molecule has 0 fully saturated rings. The molecule has 0 saturated heterocycles. The van der Waals surface area contributed by atoms with Crippen molar-refractivity contribution in [1.29, 1.82) is 0 Å². The topological polar surface area (TPSA) is 94.6 Å². The molecule has 92 valence electrons. The number of fused-ring (bicyclic) bond motifs is 1. The van der Waals surface area contributed by atoms with Gasteiger partial charge in [0.2, 0.25) is 0 Å². The smallest absolute Gasteiger partial charge is 0.294 e. The fourth-order valence-corrected chi connectivity index (χ4v) is 1.81. The standard InChI is InChI=1S/C12H8O6/c1-5(13)7-3-4-8-10(9(7)6(2)14)12(16)18-17-11(8)15/h3-4H,1-2H3. The molecule has 2 aromatic rings. The molecule has 0 bridgehead atoms. The van der Waals surface area contributed by atoms with Crippen molar-refractivity contribution in [2.75, 3.05) is 0 Å². The first kappa shape index (κ1) is 12.0. The monoisotopic (exact) mass is 248 g/mol. The van der Waals surface area contributed by atoms with Crippen LogP contribution in [0.3, 0.4) is 0 Å². The molecular weight excluding hydrogens is 240 g/mol. The van der Waals surface area contributed by atoms with E-state index < -0.39 is 17.0 Å². The largest absolute Gasteiger partial charge is 0.387 e. The molecule has 0 aliphatic heterocycles. The Morgan fingerprint density at radius 2 is 1.56 bits per heavy atom. The lowest BCUT2D eigenvalue weighted by molar-refractivity contribution is 0.0216. The molecule has 0 aliphatic carbocycles. The van der Waals surface area contributed by atoms with Crippen molar-refractivity contribution >= 4 is 22.3 Å². The molecule has 18 heavy (non-hydrogen) atoms. The van der Waals surface area contributed by atoms with Crippen molar-refractivity contribution in [2.24, 2.45) is 0 Å². The van der Waals surface area contributed by atoms with Gasteiger partial charge in [0.25, 0.3) is 0 Å². The zero-order valence-corrected chi connectivity index (χ0v) is 9.60. The van der Waals surface area contributed by atoms with E-state index in [1.165, 1.54) is 26.0 Å². The quantitative estimate of drug-likeness (QED) is 0.584. The van der Waals surface area contributed by atoms with Crippen LogP contribution in [0.1, 0.15) is 34.6 Å². The molecule has 6 heteroatoms. The molecule has 2 rings (SSSR count). The van der Waals surface area contributed by atoms with E-state index in [9.17, 15) is 19.2 Å². The predicted octanol–water partition coefficient (Wildman–Crippen LogP) is 1.15. The van der Waals surface area contributed by atoms with Crippen molar-refractivity contribution in [3.05, 3.63) is 44.1 Å². The Hall–Kier alpha value is -2.50. The van der Waals surface area contributed by atoms with Crippen LogP contribution in [-0.2, 0) is 0 Å². The maximum atomic E-state index is 11.6. The Morgan fingerprint density at radius 1 is 0.944 bits per heavy atom. The van der Waals surface area contributed by atoms with Crippen LogP contribution in [0.25, 0.3) is 10.8 Å². The van der Waals surface area contributed by atoms with Gasteiger partial charge in [-0.05, 0) is 26.0 Å². The van der Waals surface area contributed by atoms with Gasteiger partial charge in [0.15, 0.2) is 11.6 Å². The molecule has 0 amide bonds. The van der Waals surface area contributed by atoms with Crippen molar-refractivity contribution in [1.82, 2.24) is 0 Å². The maximum absolute atomic E-state index is 11.6. The van der Waals surface area contributed by atoms with Crippen molar-refractivity contribution < 1.29 is 18.7 Å². The van der Waals surface area contributed by atoms with Crippen LogP contribution in [0.15, 0.2) is 30.9 Å². The number of carbonyl (C=O) groups excluding carboxylic acids is 2. The number of benzene rings is 1. The lowest BCUT2D eigenvalue weighted by Crippen LogP contribution is -2.15. The Morgan fingerprint density at radius 3 is 2.11 bits per heavy atom. The second-order valence-electron chi connectivity index (χ2n) is 3.76. The summed E-state index contributed by atoms with van der Waals surface area (Å²) in [5, 5.41) is -0.298. The summed E-state index contributed by atoms with van der Waals surface area (Å²) < 4.78 is 8.36. The Balaban J connectivity index is 3.14. The average molecular weight is 248 g/mol. The maximum Gasteiger partial charge on any atom is 0.387 e. The third-order valence-electron chi connectivity index (χ3n) is 2.55. The first-order valence-electron chi connectivity index (χ1n) is 5.05. The molecule has 6 nitrogen and oxygen atoms in total. The fraction of sp³-hybridized carbons (Fsp3) is 0.167. The molecule has 1 aromatic carbocycles. The molecule has 0 saturated carbocycles.